The molecule has 1 aromatic rings. The van der Waals surface area contributed by atoms with Gasteiger partial charge in [-0.3, -0.25) is 9.59 Å². The Balaban J connectivity index is 2.33. The van der Waals surface area contributed by atoms with Gasteiger partial charge in [0.15, 0.2) is 0 Å². The fourth-order valence-electron chi connectivity index (χ4n) is 1.61. The van der Waals surface area contributed by atoms with Crippen LogP contribution in [0.4, 0.5) is 5.69 Å². The predicted octanol–water partition coefficient (Wildman–Crippen LogP) is 1.48. The van der Waals surface area contributed by atoms with Crippen molar-refractivity contribution in [1.29, 1.82) is 0 Å². The molecule has 0 unspecified atom stereocenters. The van der Waals surface area contributed by atoms with Gasteiger partial charge in [-0.2, -0.15) is 0 Å². The van der Waals surface area contributed by atoms with Gasteiger partial charge in [0, 0.05) is 6.42 Å². The number of aliphatic carboxylic acids is 1. The molecule has 6 nitrogen and oxygen atoms in total. The molecule has 0 radical (unpaired) electrons. The van der Waals surface area contributed by atoms with Crippen LogP contribution >= 0.6 is 0 Å². The minimum atomic E-state index is -0.832. The molecule has 0 aromatic heterocycles. The number of carbonyl (C=O) groups is 2. The number of hydrogen-bond acceptors (Lipinski definition) is 4. The quantitative estimate of drug-likeness (QED) is 0.596. The summed E-state index contributed by atoms with van der Waals surface area (Å²) in [6.07, 6.45) is 0.597. The van der Waals surface area contributed by atoms with Crippen molar-refractivity contribution < 1.29 is 19.4 Å². The Bertz CT molecular complexity index is 449. The van der Waals surface area contributed by atoms with Crippen molar-refractivity contribution in [3.8, 4) is 5.75 Å². The van der Waals surface area contributed by atoms with Crippen molar-refractivity contribution in [3.05, 3.63) is 24.3 Å². The van der Waals surface area contributed by atoms with Crippen molar-refractivity contribution in [2.24, 2.45) is 0 Å². The van der Waals surface area contributed by atoms with Gasteiger partial charge in [-0.25, -0.2) is 0 Å². The van der Waals surface area contributed by atoms with Gasteiger partial charge in [0.05, 0.1) is 18.8 Å². The second kappa shape index (κ2) is 8.92. The van der Waals surface area contributed by atoms with E-state index in [1.165, 1.54) is 0 Å². The van der Waals surface area contributed by atoms with Crippen LogP contribution in [-0.2, 0) is 9.59 Å². The minimum absolute atomic E-state index is 0.0990. The van der Waals surface area contributed by atoms with Gasteiger partial charge in [0.1, 0.15) is 5.75 Å². The molecule has 0 fully saturated rings. The first kappa shape index (κ1) is 16.0. The highest BCUT2D eigenvalue weighted by Gasteiger charge is 2.06. The van der Waals surface area contributed by atoms with Crippen LogP contribution in [-0.4, -0.2) is 36.7 Å². The molecule has 0 saturated heterocycles. The Hall–Kier alpha value is -2.08. The summed E-state index contributed by atoms with van der Waals surface area (Å²) in [7, 11) is 0. The molecule has 0 bridgehead atoms. The van der Waals surface area contributed by atoms with Crippen LogP contribution < -0.4 is 15.4 Å². The Morgan fingerprint density at radius 2 is 2.05 bits per heavy atom. The van der Waals surface area contributed by atoms with Gasteiger partial charge in [0.25, 0.3) is 0 Å². The number of anilines is 1. The lowest BCUT2D eigenvalue weighted by Gasteiger charge is -2.11. The number of carboxylic acids is 1. The Labute approximate surface area is 118 Å². The zero-order chi connectivity index (χ0) is 14.8. The van der Waals surface area contributed by atoms with Crippen LogP contribution in [0.2, 0.25) is 0 Å². The van der Waals surface area contributed by atoms with Gasteiger partial charge in [-0.1, -0.05) is 12.1 Å². The number of carbonyl (C=O) groups excluding carboxylic acids is 1. The molecule has 0 aliphatic rings. The molecule has 0 saturated carbocycles. The van der Waals surface area contributed by atoms with Crippen LogP contribution in [0.25, 0.3) is 0 Å². The molecule has 1 aromatic carbocycles. The molecular formula is C14H20N2O4. The number of para-hydroxylation sites is 2. The van der Waals surface area contributed by atoms with Crippen molar-refractivity contribution in [2.75, 3.05) is 25.0 Å². The summed E-state index contributed by atoms with van der Waals surface area (Å²) in [5.41, 5.74) is 0.631. The molecule has 3 N–H and O–H groups in total. The third-order valence-electron chi connectivity index (χ3n) is 2.49. The Morgan fingerprint density at radius 1 is 1.30 bits per heavy atom. The van der Waals surface area contributed by atoms with Gasteiger partial charge >= 0.3 is 5.97 Å². The zero-order valence-electron chi connectivity index (χ0n) is 11.5. The normalized spacial score (nSPS) is 10.1. The third-order valence-corrected chi connectivity index (χ3v) is 2.49. The average molecular weight is 280 g/mol. The Morgan fingerprint density at radius 3 is 2.75 bits per heavy atom. The lowest BCUT2D eigenvalue weighted by molar-refractivity contribution is -0.137. The van der Waals surface area contributed by atoms with Gasteiger partial charge in [-0.05, 0) is 32.0 Å². The van der Waals surface area contributed by atoms with Crippen LogP contribution in [0.5, 0.6) is 5.75 Å². The van der Waals surface area contributed by atoms with Crippen LogP contribution in [0.1, 0.15) is 19.8 Å². The molecule has 6 heteroatoms. The molecule has 1 amide bonds. The smallest absolute Gasteiger partial charge is 0.303 e. The van der Waals surface area contributed by atoms with E-state index in [1.54, 1.807) is 12.1 Å². The SMILES string of the molecule is CCOc1ccccc1NC(=O)CNCCCC(=O)O. The topological polar surface area (TPSA) is 87.7 Å². The number of benzene rings is 1. The highest BCUT2D eigenvalue weighted by atomic mass is 16.5. The van der Waals surface area contributed by atoms with E-state index in [2.05, 4.69) is 10.6 Å². The molecule has 0 spiro atoms. The predicted molar refractivity (Wildman–Crippen MR) is 76.0 cm³/mol. The summed E-state index contributed by atoms with van der Waals surface area (Å²) in [6, 6.07) is 7.22. The number of amides is 1. The number of ether oxygens (including phenoxy) is 1. The van der Waals surface area contributed by atoms with Gasteiger partial charge in [-0.15, -0.1) is 0 Å². The maximum absolute atomic E-state index is 11.7. The van der Waals surface area contributed by atoms with Gasteiger partial charge in [0.2, 0.25) is 5.91 Å². The summed E-state index contributed by atoms with van der Waals surface area (Å²) in [6.45, 7) is 3.04. The van der Waals surface area contributed by atoms with Crippen molar-refractivity contribution >= 4 is 17.6 Å². The van der Waals surface area contributed by atoms with Crippen molar-refractivity contribution in [2.45, 2.75) is 19.8 Å². The summed E-state index contributed by atoms with van der Waals surface area (Å²) < 4.78 is 5.41. The molecule has 20 heavy (non-hydrogen) atoms. The summed E-state index contributed by atoms with van der Waals surface area (Å²) in [4.78, 5) is 22.0. The summed E-state index contributed by atoms with van der Waals surface area (Å²) >= 11 is 0. The first-order valence-corrected chi connectivity index (χ1v) is 6.57. The molecule has 0 aliphatic heterocycles. The van der Waals surface area contributed by atoms with E-state index in [0.717, 1.165) is 0 Å². The number of rotatable bonds is 9. The second-order valence-corrected chi connectivity index (χ2v) is 4.15. The monoisotopic (exact) mass is 280 g/mol. The third kappa shape index (κ3) is 6.19. The minimum Gasteiger partial charge on any atom is -0.492 e. The second-order valence-electron chi connectivity index (χ2n) is 4.15. The zero-order valence-corrected chi connectivity index (χ0v) is 11.5. The first-order chi connectivity index (χ1) is 9.63. The molecule has 0 aliphatic carbocycles. The molecule has 110 valence electrons. The standard InChI is InChI=1S/C14H20N2O4/c1-2-20-12-7-4-3-6-11(12)16-13(17)10-15-9-5-8-14(18)19/h3-4,6-7,15H,2,5,8-10H2,1H3,(H,16,17)(H,18,19). The van der Waals surface area contributed by atoms with Crippen molar-refractivity contribution in [1.82, 2.24) is 5.32 Å². The van der Waals surface area contributed by atoms with Gasteiger partial charge < -0.3 is 20.5 Å². The molecule has 1 rings (SSSR count). The summed E-state index contributed by atoms with van der Waals surface area (Å²) in [5.74, 6) is -0.386. The van der Waals surface area contributed by atoms with E-state index in [0.29, 0.717) is 31.0 Å². The Kier molecular flexibility index (Phi) is 7.13. The fourth-order valence-corrected chi connectivity index (χ4v) is 1.61. The van der Waals surface area contributed by atoms with Crippen LogP contribution in [0.15, 0.2) is 24.3 Å². The highest BCUT2D eigenvalue weighted by molar-refractivity contribution is 5.93. The molecule has 0 heterocycles. The van der Waals surface area contributed by atoms with E-state index in [1.807, 2.05) is 19.1 Å². The van der Waals surface area contributed by atoms with Crippen LogP contribution in [0, 0.1) is 0 Å². The number of carboxylic acid groups (broad SMARTS) is 1. The fraction of sp³-hybridized carbons (Fsp3) is 0.429. The summed E-state index contributed by atoms with van der Waals surface area (Å²) in [5, 5.41) is 14.1. The first-order valence-electron chi connectivity index (χ1n) is 6.57. The van der Waals surface area contributed by atoms with E-state index in [-0.39, 0.29) is 18.9 Å². The maximum atomic E-state index is 11.7. The van der Waals surface area contributed by atoms with E-state index in [9.17, 15) is 9.59 Å². The largest absolute Gasteiger partial charge is 0.492 e. The van der Waals surface area contributed by atoms with Crippen LogP contribution in [0.3, 0.4) is 0 Å². The van der Waals surface area contributed by atoms with E-state index in [4.69, 9.17) is 9.84 Å². The lowest BCUT2D eigenvalue weighted by atomic mass is 10.3. The van der Waals surface area contributed by atoms with E-state index < -0.39 is 5.97 Å². The maximum Gasteiger partial charge on any atom is 0.303 e. The van der Waals surface area contributed by atoms with E-state index >= 15 is 0 Å². The number of nitrogens with one attached hydrogen (secondary N) is 2. The molecule has 0 atom stereocenters. The lowest BCUT2D eigenvalue weighted by Crippen LogP contribution is -2.29. The average Bonchev–Trinajstić information content (AvgIpc) is 2.40. The highest BCUT2D eigenvalue weighted by Crippen LogP contribution is 2.23. The van der Waals surface area contributed by atoms with Crippen molar-refractivity contribution in [3.63, 3.8) is 0 Å². The number of hydrogen-bond donors (Lipinski definition) is 3. The molecular weight excluding hydrogens is 260 g/mol.